The van der Waals surface area contributed by atoms with E-state index in [9.17, 15) is 0 Å². The molecule has 8 heteroatoms. The van der Waals surface area contributed by atoms with Crippen LogP contribution in [0.3, 0.4) is 0 Å². The van der Waals surface area contributed by atoms with Gasteiger partial charge in [-0.25, -0.2) is 0 Å². The highest BCUT2D eigenvalue weighted by Gasteiger charge is 2.15. The van der Waals surface area contributed by atoms with Crippen LogP contribution in [0.15, 0.2) is 6.07 Å². The number of aromatic amines is 1. The van der Waals surface area contributed by atoms with Crippen molar-refractivity contribution in [2.45, 2.75) is 0 Å². The molecule has 0 spiro atoms. The summed E-state index contributed by atoms with van der Waals surface area (Å²) in [6.45, 7) is 0. The summed E-state index contributed by atoms with van der Waals surface area (Å²) in [7, 11) is -1.57. The van der Waals surface area contributed by atoms with Crippen molar-refractivity contribution in [1.29, 1.82) is 0 Å². The predicted molar refractivity (Wildman–Crippen MR) is 45.9 cm³/mol. The molecule has 0 bridgehead atoms. The van der Waals surface area contributed by atoms with Gasteiger partial charge in [0.05, 0.1) is 0 Å². The van der Waals surface area contributed by atoms with Crippen molar-refractivity contribution in [2.24, 2.45) is 0 Å². The molecule has 0 unspecified atom stereocenters. The summed E-state index contributed by atoms with van der Waals surface area (Å²) in [5.41, 5.74) is 6.32. The van der Waals surface area contributed by atoms with Crippen LogP contribution in [0.1, 0.15) is 0 Å². The Morgan fingerprint density at radius 1 is 1.38 bits per heavy atom. The normalized spacial score (nSPS) is 10.6. The number of fused-ring (bicyclic) bond motifs is 1. The molecule has 0 fully saturated rings. The third kappa shape index (κ3) is 1.32. The summed E-state index contributed by atoms with van der Waals surface area (Å²) in [6.07, 6.45) is 0. The van der Waals surface area contributed by atoms with E-state index < -0.39 is 7.12 Å². The van der Waals surface area contributed by atoms with Gasteiger partial charge in [-0.15, -0.1) is 10.2 Å². The largest absolute Gasteiger partial charge is 0.505 e. The summed E-state index contributed by atoms with van der Waals surface area (Å²) >= 11 is 0. The zero-order chi connectivity index (χ0) is 9.42. The molecule has 0 aliphatic heterocycles. The smallest absolute Gasteiger partial charge is 0.422 e. The molecule has 2 heterocycles. The number of nitrogens with zero attached hydrogens (tertiary/aromatic N) is 3. The van der Waals surface area contributed by atoms with Gasteiger partial charge in [0.15, 0.2) is 5.65 Å². The molecule has 7 nitrogen and oxygen atoms in total. The first kappa shape index (κ1) is 7.96. The van der Waals surface area contributed by atoms with Gasteiger partial charge in [-0.05, 0) is 6.07 Å². The third-order valence-corrected chi connectivity index (χ3v) is 1.56. The lowest BCUT2D eigenvalue weighted by Crippen LogP contribution is -2.30. The Morgan fingerprint density at radius 2 is 2.15 bits per heavy atom. The van der Waals surface area contributed by atoms with Crippen LogP contribution in [0.2, 0.25) is 0 Å². The SMILES string of the molecule is Nc1nnc2cc(B(O)O)[nH]c2n1. The third-order valence-electron chi connectivity index (χ3n) is 1.56. The maximum atomic E-state index is 8.81. The predicted octanol–water partition coefficient (Wildman–Crippen LogP) is -2.39. The fourth-order valence-corrected chi connectivity index (χ4v) is 0.995. The second kappa shape index (κ2) is 2.68. The Hall–Kier alpha value is -1.67. The molecule has 0 radical (unpaired) electrons. The Kier molecular flexibility index (Phi) is 1.64. The van der Waals surface area contributed by atoms with E-state index in [-0.39, 0.29) is 11.5 Å². The van der Waals surface area contributed by atoms with Crippen LogP contribution in [-0.2, 0) is 0 Å². The molecule has 0 saturated heterocycles. The van der Waals surface area contributed by atoms with E-state index in [1.807, 2.05) is 0 Å². The number of rotatable bonds is 1. The molecule has 2 aromatic heterocycles. The summed E-state index contributed by atoms with van der Waals surface area (Å²) < 4.78 is 0. The molecule has 66 valence electrons. The maximum absolute atomic E-state index is 8.81. The maximum Gasteiger partial charge on any atom is 0.505 e. The Morgan fingerprint density at radius 3 is 2.85 bits per heavy atom. The second-order valence-corrected chi connectivity index (χ2v) is 2.50. The number of hydrogen-bond acceptors (Lipinski definition) is 6. The van der Waals surface area contributed by atoms with Crippen LogP contribution in [0.4, 0.5) is 5.95 Å². The molecule has 0 aliphatic rings. The fourth-order valence-electron chi connectivity index (χ4n) is 0.995. The van der Waals surface area contributed by atoms with Crippen molar-refractivity contribution in [2.75, 3.05) is 5.73 Å². The van der Waals surface area contributed by atoms with Crippen LogP contribution < -0.4 is 11.3 Å². The average Bonchev–Trinajstić information content (AvgIpc) is 2.46. The van der Waals surface area contributed by atoms with E-state index in [0.29, 0.717) is 11.2 Å². The number of nitrogens with two attached hydrogens (primary N) is 1. The highest BCUT2D eigenvalue weighted by molar-refractivity contribution is 6.58. The van der Waals surface area contributed by atoms with Crippen LogP contribution in [0, 0.1) is 0 Å². The lowest BCUT2D eigenvalue weighted by Gasteiger charge is -1.90. The van der Waals surface area contributed by atoms with Crippen LogP contribution in [0.5, 0.6) is 0 Å². The van der Waals surface area contributed by atoms with Crippen molar-refractivity contribution in [3.05, 3.63) is 6.07 Å². The first-order chi connectivity index (χ1) is 6.16. The van der Waals surface area contributed by atoms with Crippen LogP contribution >= 0.6 is 0 Å². The lowest BCUT2D eigenvalue weighted by atomic mass is 9.87. The van der Waals surface area contributed by atoms with E-state index >= 15 is 0 Å². The second-order valence-electron chi connectivity index (χ2n) is 2.50. The molecular formula is C5H6BN5O2. The van der Waals surface area contributed by atoms with Gasteiger partial charge < -0.3 is 20.8 Å². The highest BCUT2D eigenvalue weighted by Crippen LogP contribution is 2.03. The highest BCUT2D eigenvalue weighted by atomic mass is 16.4. The minimum Gasteiger partial charge on any atom is -0.422 e. The Balaban J connectivity index is 2.62. The molecule has 0 atom stereocenters. The van der Waals surface area contributed by atoms with Gasteiger partial charge >= 0.3 is 7.12 Å². The number of anilines is 1. The molecular weight excluding hydrogens is 173 g/mol. The summed E-state index contributed by atoms with van der Waals surface area (Å²) in [4.78, 5) is 6.45. The first-order valence-corrected chi connectivity index (χ1v) is 3.52. The number of nitrogen functional groups attached to an aromatic ring is 1. The molecule has 0 aromatic carbocycles. The molecule has 0 aliphatic carbocycles. The number of H-pyrrole nitrogens is 1. The van der Waals surface area contributed by atoms with Crippen molar-refractivity contribution in [3.8, 4) is 0 Å². The summed E-state index contributed by atoms with van der Waals surface area (Å²) in [6, 6.07) is 1.44. The van der Waals surface area contributed by atoms with Crippen molar-refractivity contribution >= 4 is 29.8 Å². The van der Waals surface area contributed by atoms with E-state index in [1.165, 1.54) is 6.07 Å². The Bertz CT molecular complexity index is 441. The zero-order valence-corrected chi connectivity index (χ0v) is 6.47. The molecule has 5 N–H and O–H groups in total. The quantitative estimate of drug-likeness (QED) is 0.362. The van der Waals surface area contributed by atoms with Gasteiger partial charge in [-0.1, -0.05) is 0 Å². The van der Waals surface area contributed by atoms with Crippen molar-refractivity contribution < 1.29 is 10.0 Å². The van der Waals surface area contributed by atoms with Crippen LogP contribution in [-0.4, -0.2) is 37.3 Å². The van der Waals surface area contributed by atoms with Gasteiger partial charge in [0.25, 0.3) is 0 Å². The van der Waals surface area contributed by atoms with E-state index in [0.717, 1.165) is 0 Å². The molecule has 2 rings (SSSR count). The number of nitrogens with one attached hydrogen (secondary N) is 1. The summed E-state index contributed by atoms with van der Waals surface area (Å²) in [5, 5.41) is 24.8. The standard InChI is InChI=1S/C5H6BN5O2/c7-5-9-4-2(10-11-5)1-3(8-4)6(12)13/h1,12-13H,(H3,7,8,9,11). The number of hydrogen-bond donors (Lipinski definition) is 4. The van der Waals surface area contributed by atoms with Crippen molar-refractivity contribution in [1.82, 2.24) is 20.2 Å². The molecule has 13 heavy (non-hydrogen) atoms. The molecule has 0 saturated carbocycles. The minimum atomic E-state index is -1.57. The topological polar surface area (TPSA) is 121 Å². The van der Waals surface area contributed by atoms with Crippen molar-refractivity contribution in [3.63, 3.8) is 0 Å². The minimum absolute atomic E-state index is 0.0355. The van der Waals surface area contributed by atoms with Gasteiger partial charge in [-0.2, -0.15) is 4.98 Å². The fraction of sp³-hybridized carbons (Fsp3) is 0. The van der Waals surface area contributed by atoms with Gasteiger partial charge in [0.2, 0.25) is 5.95 Å². The van der Waals surface area contributed by atoms with Crippen LogP contribution in [0.25, 0.3) is 11.2 Å². The Labute approximate surface area is 72.8 Å². The number of aromatic nitrogens is 4. The molecule has 0 amide bonds. The van der Waals surface area contributed by atoms with Gasteiger partial charge in [0, 0.05) is 5.59 Å². The summed E-state index contributed by atoms with van der Waals surface area (Å²) in [5.74, 6) is 0.0355. The van der Waals surface area contributed by atoms with E-state index in [2.05, 4.69) is 20.2 Å². The zero-order valence-electron chi connectivity index (χ0n) is 6.47. The van der Waals surface area contributed by atoms with Gasteiger partial charge in [-0.3, -0.25) is 0 Å². The molecule has 2 aromatic rings. The van der Waals surface area contributed by atoms with E-state index in [1.54, 1.807) is 0 Å². The first-order valence-electron chi connectivity index (χ1n) is 3.52. The lowest BCUT2D eigenvalue weighted by molar-refractivity contribution is 0.424. The monoisotopic (exact) mass is 179 g/mol. The van der Waals surface area contributed by atoms with Gasteiger partial charge in [0.1, 0.15) is 5.52 Å². The van der Waals surface area contributed by atoms with E-state index in [4.69, 9.17) is 15.8 Å². The average molecular weight is 179 g/mol.